The van der Waals surface area contributed by atoms with Crippen LogP contribution in [0.15, 0.2) is 24.3 Å². The number of nitrogens with zero attached hydrogens (tertiary/aromatic N) is 1. The topological polar surface area (TPSA) is 112 Å². The molecule has 136 valence electrons. The number of likely N-dealkylation sites (tertiary alicyclic amines) is 1. The van der Waals surface area contributed by atoms with Crippen LogP contribution in [0.5, 0.6) is 5.75 Å². The summed E-state index contributed by atoms with van der Waals surface area (Å²) in [5.74, 6) is 0.712. The number of nitrogens with one attached hydrogen (secondary N) is 2. The Hall–Kier alpha value is -2.12. The zero-order valence-electron chi connectivity index (χ0n) is 14.3. The van der Waals surface area contributed by atoms with Gasteiger partial charge in [0.2, 0.25) is 5.91 Å². The number of carbonyl (C=O) groups excluding carboxylic acids is 1. The van der Waals surface area contributed by atoms with Crippen molar-refractivity contribution < 1.29 is 14.6 Å². The fourth-order valence-corrected chi connectivity index (χ4v) is 3.59. The highest BCUT2D eigenvalue weighted by Crippen LogP contribution is 2.22. The molecule has 3 atom stereocenters. The molecule has 2 fully saturated rings. The van der Waals surface area contributed by atoms with Gasteiger partial charge in [0.05, 0.1) is 18.7 Å². The second-order valence-corrected chi connectivity index (χ2v) is 6.74. The second-order valence-electron chi connectivity index (χ2n) is 6.74. The van der Waals surface area contributed by atoms with E-state index >= 15 is 0 Å². The Bertz CT molecular complexity index is 637. The number of nitrogens with two attached hydrogens (primary N) is 1. The molecule has 2 aliphatic rings. The molecule has 0 saturated carbocycles. The predicted octanol–water partition coefficient (Wildman–Crippen LogP) is 0.453. The van der Waals surface area contributed by atoms with Gasteiger partial charge >= 0.3 is 0 Å². The van der Waals surface area contributed by atoms with E-state index in [-0.39, 0.29) is 36.5 Å². The average molecular weight is 346 g/mol. The highest BCUT2D eigenvalue weighted by atomic mass is 16.5. The first-order valence-electron chi connectivity index (χ1n) is 8.84. The van der Waals surface area contributed by atoms with Crippen LogP contribution in [0.4, 0.5) is 0 Å². The van der Waals surface area contributed by atoms with Crippen LogP contribution in [0.2, 0.25) is 0 Å². The van der Waals surface area contributed by atoms with E-state index in [1.165, 1.54) is 0 Å². The smallest absolute Gasteiger partial charge is 0.240 e. The Balaban J connectivity index is 1.59. The molecule has 1 amide bonds. The first-order valence-corrected chi connectivity index (χ1v) is 8.84. The van der Waals surface area contributed by atoms with Crippen LogP contribution in [0.25, 0.3) is 0 Å². The van der Waals surface area contributed by atoms with Crippen LogP contribution in [-0.2, 0) is 4.79 Å². The van der Waals surface area contributed by atoms with Crippen molar-refractivity contribution in [3.63, 3.8) is 0 Å². The third kappa shape index (κ3) is 4.11. The van der Waals surface area contributed by atoms with Crippen LogP contribution in [0.3, 0.4) is 0 Å². The second kappa shape index (κ2) is 7.84. The van der Waals surface area contributed by atoms with E-state index in [9.17, 15) is 9.90 Å². The van der Waals surface area contributed by atoms with Gasteiger partial charge in [-0.2, -0.15) is 0 Å². The Morgan fingerprint density at radius 1 is 1.44 bits per heavy atom. The van der Waals surface area contributed by atoms with Gasteiger partial charge in [0, 0.05) is 25.1 Å². The SMILES string of the molecule is N=C(N)c1cccc(O[C@H]2CN[C@H](C(=O)N3CCCCC3CO)C2)c1. The number of amidine groups is 1. The maximum atomic E-state index is 12.8. The standard InChI is InChI=1S/C18H26N4O3/c19-17(20)12-4-3-6-14(8-12)25-15-9-16(21-10-15)18(24)22-7-2-1-5-13(22)11-23/h3-4,6,8,13,15-16,21,23H,1-2,5,7,9-11H2,(H3,19,20)/t13?,15-,16+/m1/s1. The maximum absolute atomic E-state index is 12.8. The first-order chi connectivity index (χ1) is 12.1. The molecule has 1 aromatic carbocycles. The molecule has 2 aliphatic heterocycles. The monoisotopic (exact) mass is 346 g/mol. The molecule has 1 aromatic rings. The number of piperidine rings is 1. The van der Waals surface area contributed by atoms with Crippen LogP contribution >= 0.6 is 0 Å². The van der Waals surface area contributed by atoms with Gasteiger partial charge in [0.25, 0.3) is 0 Å². The summed E-state index contributed by atoms with van der Waals surface area (Å²) in [6, 6.07) is 6.80. The molecule has 7 heteroatoms. The summed E-state index contributed by atoms with van der Waals surface area (Å²) in [7, 11) is 0. The van der Waals surface area contributed by atoms with E-state index in [1.54, 1.807) is 18.2 Å². The molecule has 0 radical (unpaired) electrons. The van der Waals surface area contributed by atoms with E-state index in [2.05, 4.69) is 5.32 Å². The van der Waals surface area contributed by atoms with Gasteiger partial charge < -0.3 is 25.8 Å². The minimum Gasteiger partial charge on any atom is -0.489 e. The van der Waals surface area contributed by atoms with Gasteiger partial charge in [-0.25, -0.2) is 0 Å². The third-order valence-electron chi connectivity index (χ3n) is 4.96. The molecule has 0 aliphatic carbocycles. The van der Waals surface area contributed by atoms with Crippen molar-refractivity contribution in [2.75, 3.05) is 19.7 Å². The normalized spacial score (nSPS) is 26.4. The van der Waals surface area contributed by atoms with E-state index in [4.69, 9.17) is 15.9 Å². The van der Waals surface area contributed by atoms with E-state index in [0.29, 0.717) is 30.8 Å². The molecule has 5 N–H and O–H groups in total. The van der Waals surface area contributed by atoms with Crippen LogP contribution in [-0.4, -0.2) is 59.6 Å². The molecule has 0 aromatic heterocycles. The Labute approximate surface area is 147 Å². The number of nitrogen functional groups attached to an aromatic ring is 1. The van der Waals surface area contributed by atoms with Crippen molar-refractivity contribution in [2.45, 2.75) is 43.9 Å². The van der Waals surface area contributed by atoms with E-state index in [1.807, 2.05) is 11.0 Å². The molecular formula is C18H26N4O3. The number of aliphatic hydroxyl groups is 1. The summed E-state index contributed by atoms with van der Waals surface area (Å²) in [6.07, 6.45) is 3.41. The molecule has 0 spiro atoms. The molecule has 1 unspecified atom stereocenters. The lowest BCUT2D eigenvalue weighted by molar-refractivity contribution is -0.138. The van der Waals surface area contributed by atoms with Crippen molar-refractivity contribution in [1.29, 1.82) is 5.41 Å². The highest BCUT2D eigenvalue weighted by molar-refractivity contribution is 5.95. The maximum Gasteiger partial charge on any atom is 0.240 e. The Morgan fingerprint density at radius 2 is 2.28 bits per heavy atom. The number of rotatable bonds is 5. The summed E-state index contributed by atoms with van der Waals surface area (Å²) < 4.78 is 5.95. The van der Waals surface area contributed by atoms with Gasteiger partial charge in [-0.1, -0.05) is 12.1 Å². The number of aliphatic hydroxyl groups excluding tert-OH is 1. The molecule has 25 heavy (non-hydrogen) atoms. The molecule has 2 heterocycles. The number of carbonyl (C=O) groups is 1. The third-order valence-corrected chi connectivity index (χ3v) is 4.96. The summed E-state index contributed by atoms with van der Waals surface area (Å²) >= 11 is 0. The highest BCUT2D eigenvalue weighted by Gasteiger charge is 2.36. The van der Waals surface area contributed by atoms with E-state index in [0.717, 1.165) is 19.3 Å². The van der Waals surface area contributed by atoms with Gasteiger partial charge in [-0.05, 0) is 31.4 Å². The number of hydrogen-bond donors (Lipinski definition) is 4. The average Bonchev–Trinajstić information content (AvgIpc) is 3.09. The fourth-order valence-electron chi connectivity index (χ4n) is 3.59. The lowest BCUT2D eigenvalue weighted by Crippen LogP contribution is -2.51. The number of amides is 1. The van der Waals surface area contributed by atoms with Gasteiger partial charge in [-0.3, -0.25) is 10.2 Å². The Morgan fingerprint density at radius 3 is 3.04 bits per heavy atom. The van der Waals surface area contributed by atoms with Crippen molar-refractivity contribution in [1.82, 2.24) is 10.2 Å². The lowest BCUT2D eigenvalue weighted by Gasteiger charge is -2.36. The molecule has 0 bridgehead atoms. The zero-order valence-corrected chi connectivity index (χ0v) is 14.3. The fraction of sp³-hybridized carbons (Fsp3) is 0.556. The first kappa shape index (κ1) is 17.7. The minimum atomic E-state index is -0.270. The molecular weight excluding hydrogens is 320 g/mol. The summed E-state index contributed by atoms with van der Waals surface area (Å²) in [5.41, 5.74) is 6.13. The van der Waals surface area contributed by atoms with Crippen molar-refractivity contribution >= 4 is 11.7 Å². The van der Waals surface area contributed by atoms with Gasteiger partial charge in [0.15, 0.2) is 0 Å². The van der Waals surface area contributed by atoms with E-state index < -0.39 is 0 Å². The van der Waals surface area contributed by atoms with Crippen LogP contribution < -0.4 is 15.8 Å². The molecule has 3 rings (SSSR count). The van der Waals surface area contributed by atoms with Crippen molar-refractivity contribution in [3.8, 4) is 5.75 Å². The Kier molecular flexibility index (Phi) is 5.55. The number of ether oxygens (including phenoxy) is 1. The quantitative estimate of drug-likeness (QED) is 0.457. The van der Waals surface area contributed by atoms with Crippen LogP contribution in [0, 0.1) is 5.41 Å². The summed E-state index contributed by atoms with van der Waals surface area (Å²) in [6.45, 7) is 1.34. The molecule has 2 saturated heterocycles. The summed E-state index contributed by atoms with van der Waals surface area (Å²) in [5, 5.41) is 20.2. The predicted molar refractivity (Wildman–Crippen MR) is 94.7 cm³/mol. The summed E-state index contributed by atoms with van der Waals surface area (Å²) in [4.78, 5) is 14.6. The minimum absolute atomic E-state index is 0.00296. The van der Waals surface area contributed by atoms with Crippen molar-refractivity contribution in [2.24, 2.45) is 5.73 Å². The largest absolute Gasteiger partial charge is 0.489 e. The molecule has 7 nitrogen and oxygen atoms in total. The zero-order chi connectivity index (χ0) is 17.8. The number of benzene rings is 1. The van der Waals surface area contributed by atoms with Gasteiger partial charge in [0.1, 0.15) is 17.7 Å². The van der Waals surface area contributed by atoms with Crippen LogP contribution in [0.1, 0.15) is 31.2 Å². The number of hydrogen-bond acceptors (Lipinski definition) is 5. The van der Waals surface area contributed by atoms with Crippen molar-refractivity contribution in [3.05, 3.63) is 29.8 Å². The van der Waals surface area contributed by atoms with Gasteiger partial charge in [-0.15, -0.1) is 0 Å². The lowest BCUT2D eigenvalue weighted by atomic mass is 10.0.